The summed E-state index contributed by atoms with van der Waals surface area (Å²) in [4.78, 5) is 10.9. The fraction of sp³-hybridized carbons (Fsp3) is 0. The van der Waals surface area contributed by atoms with Gasteiger partial charge in [0.25, 0.3) is 0 Å². The van der Waals surface area contributed by atoms with E-state index in [0.29, 0.717) is 15.9 Å². The van der Waals surface area contributed by atoms with E-state index in [4.69, 9.17) is 15.6 Å². The number of nitrogens with two attached hydrogens (primary N) is 1. The van der Waals surface area contributed by atoms with E-state index in [2.05, 4.69) is 15.9 Å². The van der Waals surface area contributed by atoms with Crippen LogP contribution in [0.3, 0.4) is 0 Å². The quantitative estimate of drug-likeness (QED) is 0.844. The van der Waals surface area contributed by atoms with Crippen LogP contribution in [0.2, 0.25) is 0 Å². The molecular formula is C13H9BrFNO3. The molecule has 0 fully saturated rings. The number of anilines is 1. The first-order valence-corrected chi connectivity index (χ1v) is 6.02. The molecule has 0 radical (unpaired) electrons. The van der Waals surface area contributed by atoms with Crippen LogP contribution in [0.4, 0.5) is 10.1 Å². The van der Waals surface area contributed by atoms with Crippen LogP contribution < -0.4 is 10.5 Å². The van der Waals surface area contributed by atoms with Crippen LogP contribution in [0, 0.1) is 5.82 Å². The molecule has 3 N–H and O–H groups in total. The van der Waals surface area contributed by atoms with Gasteiger partial charge in [-0.05, 0) is 52.3 Å². The van der Waals surface area contributed by atoms with Gasteiger partial charge in [0, 0.05) is 0 Å². The lowest BCUT2D eigenvalue weighted by atomic mass is 10.2. The van der Waals surface area contributed by atoms with Crippen molar-refractivity contribution in [3.05, 3.63) is 52.3 Å². The second-order valence-corrected chi connectivity index (χ2v) is 4.59. The summed E-state index contributed by atoms with van der Waals surface area (Å²) in [6.45, 7) is 0. The molecule has 0 spiro atoms. The minimum atomic E-state index is -1.08. The molecule has 0 bridgehead atoms. The average Bonchev–Trinajstić information content (AvgIpc) is 2.34. The van der Waals surface area contributed by atoms with Gasteiger partial charge in [0.05, 0.1) is 15.7 Å². The third-order valence-corrected chi connectivity index (χ3v) is 2.99. The highest BCUT2D eigenvalue weighted by Gasteiger charge is 2.10. The molecule has 6 heteroatoms. The van der Waals surface area contributed by atoms with Crippen molar-refractivity contribution >= 4 is 27.6 Å². The van der Waals surface area contributed by atoms with Crippen molar-refractivity contribution in [1.82, 2.24) is 0 Å². The maximum atomic E-state index is 12.9. The summed E-state index contributed by atoms with van der Waals surface area (Å²) >= 11 is 3.15. The summed E-state index contributed by atoms with van der Waals surface area (Å²) in [7, 11) is 0. The summed E-state index contributed by atoms with van der Waals surface area (Å²) in [5.74, 6) is -0.947. The number of hydrogen-bond donors (Lipinski definition) is 2. The molecule has 0 atom stereocenters. The Morgan fingerprint density at radius 1 is 1.21 bits per heavy atom. The molecule has 0 aliphatic rings. The molecule has 0 aliphatic heterocycles. The first kappa shape index (κ1) is 13.4. The number of carboxylic acids is 1. The molecule has 4 nitrogen and oxygen atoms in total. The van der Waals surface area contributed by atoms with Crippen molar-refractivity contribution in [2.45, 2.75) is 0 Å². The Bertz CT molecular complexity index is 646. The summed E-state index contributed by atoms with van der Waals surface area (Å²) in [6.07, 6.45) is 0. The number of ether oxygens (including phenoxy) is 1. The molecule has 2 aromatic carbocycles. The summed E-state index contributed by atoms with van der Waals surface area (Å²) in [5, 5.41) is 8.90. The molecule has 0 heterocycles. The standard InChI is InChI=1S/C13H9BrFNO3/c14-9-6-8(15)2-4-11(9)19-12-5-7(13(17)18)1-3-10(12)16/h1-6H,16H2,(H,17,18). The van der Waals surface area contributed by atoms with Crippen LogP contribution in [0.25, 0.3) is 0 Å². The van der Waals surface area contributed by atoms with E-state index in [9.17, 15) is 9.18 Å². The van der Waals surface area contributed by atoms with E-state index >= 15 is 0 Å². The Morgan fingerprint density at radius 3 is 2.58 bits per heavy atom. The Labute approximate surface area is 116 Å². The second-order valence-electron chi connectivity index (χ2n) is 3.73. The number of carbonyl (C=O) groups is 1. The Hall–Kier alpha value is -2.08. The highest BCUT2D eigenvalue weighted by atomic mass is 79.9. The van der Waals surface area contributed by atoms with Gasteiger partial charge in [-0.1, -0.05) is 0 Å². The molecule has 2 rings (SSSR count). The predicted molar refractivity (Wildman–Crippen MR) is 72.0 cm³/mol. The minimum absolute atomic E-state index is 0.0578. The van der Waals surface area contributed by atoms with Gasteiger partial charge in [-0.15, -0.1) is 0 Å². The van der Waals surface area contributed by atoms with Gasteiger partial charge in [0.15, 0.2) is 5.75 Å². The molecule has 0 unspecified atom stereocenters. The van der Waals surface area contributed by atoms with Crippen LogP contribution in [0.5, 0.6) is 11.5 Å². The highest BCUT2D eigenvalue weighted by Crippen LogP contribution is 2.33. The van der Waals surface area contributed by atoms with Gasteiger partial charge in [0.2, 0.25) is 0 Å². The zero-order valence-corrected chi connectivity index (χ0v) is 11.1. The zero-order valence-electron chi connectivity index (χ0n) is 9.56. The lowest BCUT2D eigenvalue weighted by Gasteiger charge is -2.10. The van der Waals surface area contributed by atoms with Crippen molar-refractivity contribution in [3.63, 3.8) is 0 Å². The Morgan fingerprint density at radius 2 is 1.95 bits per heavy atom. The molecular weight excluding hydrogens is 317 g/mol. The SMILES string of the molecule is Nc1ccc(C(=O)O)cc1Oc1ccc(F)cc1Br. The number of halogens is 2. The average molecular weight is 326 g/mol. The first-order chi connectivity index (χ1) is 8.97. The van der Waals surface area contributed by atoms with Gasteiger partial charge in [0.1, 0.15) is 11.6 Å². The van der Waals surface area contributed by atoms with Crippen LogP contribution >= 0.6 is 15.9 Å². The van der Waals surface area contributed by atoms with Gasteiger partial charge >= 0.3 is 5.97 Å². The maximum absolute atomic E-state index is 12.9. The number of benzene rings is 2. The van der Waals surface area contributed by atoms with Crippen molar-refractivity contribution in [3.8, 4) is 11.5 Å². The topological polar surface area (TPSA) is 72.6 Å². The van der Waals surface area contributed by atoms with Crippen molar-refractivity contribution < 1.29 is 19.0 Å². The number of aromatic carboxylic acids is 1. The number of carboxylic acid groups (broad SMARTS) is 1. The van der Waals surface area contributed by atoms with Crippen LogP contribution in [-0.4, -0.2) is 11.1 Å². The van der Waals surface area contributed by atoms with E-state index in [1.807, 2.05) is 0 Å². The van der Waals surface area contributed by atoms with Crippen molar-refractivity contribution in [2.24, 2.45) is 0 Å². The number of hydrogen-bond acceptors (Lipinski definition) is 3. The monoisotopic (exact) mass is 325 g/mol. The van der Waals surface area contributed by atoms with Crippen LogP contribution in [-0.2, 0) is 0 Å². The maximum Gasteiger partial charge on any atom is 0.335 e. The number of nitrogen functional groups attached to an aromatic ring is 1. The third-order valence-electron chi connectivity index (χ3n) is 2.37. The second kappa shape index (κ2) is 5.27. The van der Waals surface area contributed by atoms with Crippen LogP contribution in [0.1, 0.15) is 10.4 Å². The lowest BCUT2D eigenvalue weighted by Crippen LogP contribution is -1.99. The van der Waals surface area contributed by atoms with Crippen molar-refractivity contribution in [2.75, 3.05) is 5.73 Å². The van der Waals surface area contributed by atoms with Gasteiger partial charge in [-0.2, -0.15) is 0 Å². The van der Waals surface area contributed by atoms with E-state index in [1.165, 1.54) is 36.4 Å². The van der Waals surface area contributed by atoms with E-state index in [-0.39, 0.29) is 11.3 Å². The molecule has 19 heavy (non-hydrogen) atoms. The normalized spacial score (nSPS) is 10.2. The van der Waals surface area contributed by atoms with Crippen LogP contribution in [0.15, 0.2) is 40.9 Å². The molecule has 0 aliphatic carbocycles. The molecule has 2 aromatic rings. The Kier molecular flexibility index (Phi) is 3.71. The predicted octanol–water partition coefficient (Wildman–Crippen LogP) is 3.66. The molecule has 98 valence electrons. The summed E-state index contributed by atoms with van der Waals surface area (Å²) in [5.41, 5.74) is 6.06. The largest absolute Gasteiger partial charge is 0.478 e. The molecule has 0 aromatic heterocycles. The van der Waals surface area contributed by atoms with E-state index in [1.54, 1.807) is 0 Å². The van der Waals surface area contributed by atoms with Gasteiger partial charge in [-0.3, -0.25) is 0 Å². The third kappa shape index (κ3) is 3.03. The number of rotatable bonds is 3. The fourth-order valence-electron chi connectivity index (χ4n) is 1.43. The fourth-order valence-corrected chi connectivity index (χ4v) is 1.86. The van der Waals surface area contributed by atoms with Crippen molar-refractivity contribution in [1.29, 1.82) is 0 Å². The van der Waals surface area contributed by atoms with E-state index < -0.39 is 11.8 Å². The summed E-state index contributed by atoms with van der Waals surface area (Å²) in [6, 6.07) is 8.03. The Balaban J connectivity index is 2.37. The molecule has 0 amide bonds. The zero-order chi connectivity index (χ0) is 14.0. The van der Waals surface area contributed by atoms with E-state index in [0.717, 1.165) is 0 Å². The molecule has 0 saturated carbocycles. The smallest absolute Gasteiger partial charge is 0.335 e. The summed E-state index contributed by atoms with van der Waals surface area (Å²) < 4.78 is 18.8. The molecule has 0 saturated heterocycles. The minimum Gasteiger partial charge on any atom is -0.478 e. The first-order valence-electron chi connectivity index (χ1n) is 5.23. The highest BCUT2D eigenvalue weighted by molar-refractivity contribution is 9.10. The van der Waals surface area contributed by atoms with Gasteiger partial charge < -0.3 is 15.6 Å². The van der Waals surface area contributed by atoms with Gasteiger partial charge in [-0.25, -0.2) is 9.18 Å². The lowest BCUT2D eigenvalue weighted by molar-refractivity contribution is 0.0696.